The zero-order chi connectivity index (χ0) is 9.40. The summed E-state index contributed by atoms with van der Waals surface area (Å²) in [5.41, 5.74) is 0. The van der Waals surface area contributed by atoms with Crippen molar-refractivity contribution >= 4 is 23.2 Å². The number of rotatable bonds is 7. The second kappa shape index (κ2) is 8.19. The van der Waals surface area contributed by atoms with Crippen LogP contribution in [-0.4, -0.2) is 10.8 Å². The Morgan fingerprint density at radius 2 is 1.58 bits per heavy atom. The summed E-state index contributed by atoms with van der Waals surface area (Å²) in [6.45, 7) is 4.19. The van der Waals surface area contributed by atoms with E-state index in [0.29, 0.717) is 0 Å². The molecule has 0 aromatic heterocycles. The molecular formula is C10H20Cl2. The fourth-order valence-corrected chi connectivity index (χ4v) is 1.45. The molecule has 0 amide bonds. The number of unbranched alkanes of at least 4 members (excludes halogenated alkanes) is 4. The van der Waals surface area contributed by atoms with E-state index in [1.54, 1.807) is 0 Å². The van der Waals surface area contributed by atoms with E-state index in [1.807, 2.05) is 6.92 Å². The zero-order valence-corrected chi connectivity index (χ0v) is 9.67. The molecule has 0 aliphatic rings. The van der Waals surface area contributed by atoms with Gasteiger partial charge in [0.05, 0.1) is 0 Å². The van der Waals surface area contributed by atoms with Crippen molar-refractivity contribution in [1.82, 2.24) is 0 Å². The van der Waals surface area contributed by atoms with Crippen molar-refractivity contribution in [3.8, 4) is 0 Å². The van der Waals surface area contributed by atoms with Gasteiger partial charge in [-0.25, -0.2) is 0 Å². The van der Waals surface area contributed by atoms with E-state index in [-0.39, 0.29) is 10.8 Å². The normalized spacial score (nSPS) is 16.0. The van der Waals surface area contributed by atoms with Crippen LogP contribution in [0.15, 0.2) is 0 Å². The molecule has 0 saturated heterocycles. The molecule has 2 atom stereocenters. The number of halogens is 2. The second-order valence-corrected chi connectivity index (χ2v) is 4.65. The first-order valence-corrected chi connectivity index (χ1v) is 5.84. The zero-order valence-electron chi connectivity index (χ0n) is 8.15. The summed E-state index contributed by atoms with van der Waals surface area (Å²) >= 11 is 11.8. The molecule has 12 heavy (non-hydrogen) atoms. The topological polar surface area (TPSA) is 0 Å². The summed E-state index contributed by atoms with van der Waals surface area (Å²) in [4.78, 5) is 0. The van der Waals surface area contributed by atoms with Crippen LogP contribution in [0.1, 0.15) is 52.4 Å². The van der Waals surface area contributed by atoms with Crippen molar-refractivity contribution < 1.29 is 0 Å². The Kier molecular flexibility index (Phi) is 8.59. The van der Waals surface area contributed by atoms with Crippen LogP contribution in [0.4, 0.5) is 0 Å². The SMILES string of the molecule is CCCCCCCC(Cl)C(C)Cl. The Hall–Kier alpha value is 0.580. The van der Waals surface area contributed by atoms with Gasteiger partial charge in [-0.15, -0.1) is 23.2 Å². The minimum Gasteiger partial charge on any atom is -0.122 e. The Morgan fingerprint density at radius 3 is 2.08 bits per heavy atom. The molecule has 2 heteroatoms. The van der Waals surface area contributed by atoms with E-state index in [2.05, 4.69) is 6.92 Å². The minimum atomic E-state index is 0.109. The monoisotopic (exact) mass is 210 g/mol. The molecule has 0 spiro atoms. The van der Waals surface area contributed by atoms with E-state index in [9.17, 15) is 0 Å². The van der Waals surface area contributed by atoms with Crippen LogP contribution in [0, 0.1) is 0 Å². The van der Waals surface area contributed by atoms with Crippen LogP contribution < -0.4 is 0 Å². The molecule has 0 bridgehead atoms. The molecule has 2 unspecified atom stereocenters. The Bertz CT molecular complexity index is 91.8. The lowest BCUT2D eigenvalue weighted by atomic mass is 10.1. The largest absolute Gasteiger partial charge is 0.122 e. The van der Waals surface area contributed by atoms with E-state index < -0.39 is 0 Å². The highest BCUT2D eigenvalue weighted by Crippen LogP contribution is 2.17. The molecule has 0 saturated carbocycles. The molecule has 0 aliphatic carbocycles. The van der Waals surface area contributed by atoms with Gasteiger partial charge in [0, 0.05) is 10.8 Å². The van der Waals surface area contributed by atoms with Gasteiger partial charge in [-0.3, -0.25) is 0 Å². The Morgan fingerprint density at radius 1 is 1.00 bits per heavy atom. The first-order chi connectivity index (χ1) is 5.68. The summed E-state index contributed by atoms with van der Waals surface area (Å²) < 4.78 is 0. The number of hydrogen-bond acceptors (Lipinski definition) is 0. The van der Waals surface area contributed by atoms with E-state index in [0.717, 1.165) is 6.42 Å². The third kappa shape index (κ3) is 7.24. The molecule has 0 aliphatic heterocycles. The lowest BCUT2D eigenvalue weighted by molar-refractivity contribution is 0.591. The van der Waals surface area contributed by atoms with E-state index in [4.69, 9.17) is 23.2 Å². The lowest BCUT2D eigenvalue weighted by Gasteiger charge is -2.10. The molecule has 74 valence electrons. The molecule has 0 fully saturated rings. The van der Waals surface area contributed by atoms with Crippen LogP contribution in [0.2, 0.25) is 0 Å². The molecule has 0 aromatic rings. The first-order valence-electron chi connectivity index (χ1n) is 4.96. The van der Waals surface area contributed by atoms with Gasteiger partial charge in [-0.2, -0.15) is 0 Å². The van der Waals surface area contributed by atoms with Crippen molar-refractivity contribution in [2.75, 3.05) is 0 Å². The van der Waals surface area contributed by atoms with Crippen LogP contribution in [0.5, 0.6) is 0 Å². The maximum atomic E-state index is 6.00. The number of hydrogen-bond donors (Lipinski definition) is 0. The average Bonchev–Trinajstić information content (AvgIpc) is 2.03. The predicted molar refractivity (Wildman–Crippen MR) is 58.3 cm³/mol. The van der Waals surface area contributed by atoms with Crippen molar-refractivity contribution in [3.05, 3.63) is 0 Å². The van der Waals surface area contributed by atoms with Crippen LogP contribution in [0.25, 0.3) is 0 Å². The number of alkyl halides is 2. The third-order valence-corrected chi connectivity index (χ3v) is 3.11. The lowest BCUT2D eigenvalue weighted by Crippen LogP contribution is -2.10. The standard InChI is InChI=1S/C10H20Cl2/c1-3-4-5-6-7-8-10(12)9(2)11/h9-10H,3-8H2,1-2H3. The first kappa shape index (κ1) is 12.6. The fourth-order valence-electron chi connectivity index (χ4n) is 1.17. The summed E-state index contributed by atoms with van der Waals surface area (Å²) in [6, 6.07) is 0. The van der Waals surface area contributed by atoms with Gasteiger partial charge in [0.15, 0.2) is 0 Å². The molecule has 0 nitrogen and oxygen atoms in total. The second-order valence-electron chi connectivity index (χ2n) is 3.40. The van der Waals surface area contributed by atoms with Crippen LogP contribution in [0.3, 0.4) is 0 Å². The van der Waals surface area contributed by atoms with E-state index in [1.165, 1.54) is 32.1 Å². The van der Waals surface area contributed by atoms with Crippen molar-refractivity contribution in [2.24, 2.45) is 0 Å². The summed E-state index contributed by atoms with van der Waals surface area (Å²) in [6.07, 6.45) is 7.60. The molecule has 0 radical (unpaired) electrons. The summed E-state index contributed by atoms with van der Waals surface area (Å²) in [5, 5.41) is 0.270. The van der Waals surface area contributed by atoms with Crippen molar-refractivity contribution in [3.63, 3.8) is 0 Å². The fraction of sp³-hybridized carbons (Fsp3) is 1.00. The highest BCUT2D eigenvalue weighted by atomic mass is 35.5. The maximum Gasteiger partial charge on any atom is 0.0497 e. The van der Waals surface area contributed by atoms with Gasteiger partial charge < -0.3 is 0 Å². The molecule has 0 heterocycles. The van der Waals surface area contributed by atoms with Gasteiger partial charge in [-0.05, 0) is 13.3 Å². The molecule has 0 aromatic carbocycles. The van der Waals surface area contributed by atoms with Crippen LogP contribution >= 0.6 is 23.2 Å². The highest BCUT2D eigenvalue weighted by Gasteiger charge is 2.09. The van der Waals surface area contributed by atoms with Gasteiger partial charge in [0.2, 0.25) is 0 Å². The smallest absolute Gasteiger partial charge is 0.0497 e. The van der Waals surface area contributed by atoms with Gasteiger partial charge in [-0.1, -0.05) is 39.0 Å². The van der Waals surface area contributed by atoms with Crippen LogP contribution in [-0.2, 0) is 0 Å². The van der Waals surface area contributed by atoms with E-state index >= 15 is 0 Å². The molecular weight excluding hydrogens is 191 g/mol. The van der Waals surface area contributed by atoms with Gasteiger partial charge in [0.1, 0.15) is 0 Å². The van der Waals surface area contributed by atoms with Crippen molar-refractivity contribution in [1.29, 1.82) is 0 Å². The predicted octanol–water partition coefficient (Wildman–Crippen LogP) is 4.58. The molecule has 0 rings (SSSR count). The minimum absolute atomic E-state index is 0.109. The molecule has 0 N–H and O–H groups in total. The Labute approximate surface area is 86.6 Å². The average molecular weight is 211 g/mol. The summed E-state index contributed by atoms with van der Waals surface area (Å²) in [7, 11) is 0. The quantitative estimate of drug-likeness (QED) is 0.427. The maximum absolute atomic E-state index is 6.00. The summed E-state index contributed by atoms with van der Waals surface area (Å²) in [5.74, 6) is 0. The van der Waals surface area contributed by atoms with Gasteiger partial charge >= 0.3 is 0 Å². The third-order valence-electron chi connectivity index (χ3n) is 2.08. The highest BCUT2D eigenvalue weighted by molar-refractivity contribution is 6.29. The van der Waals surface area contributed by atoms with Gasteiger partial charge in [0.25, 0.3) is 0 Å². The van der Waals surface area contributed by atoms with Crippen molar-refractivity contribution in [2.45, 2.75) is 63.1 Å². The Balaban J connectivity index is 3.08.